The molecule has 2 N–H and O–H groups in total. The zero-order valence-electron chi connectivity index (χ0n) is 10.5. The summed E-state index contributed by atoms with van der Waals surface area (Å²) in [5, 5.41) is 10.1. The summed E-state index contributed by atoms with van der Waals surface area (Å²) in [6.07, 6.45) is 0.766. The zero-order chi connectivity index (χ0) is 14.0. The van der Waals surface area contributed by atoms with Gasteiger partial charge in [-0.15, -0.1) is 11.3 Å². The van der Waals surface area contributed by atoms with E-state index in [2.05, 4.69) is 9.71 Å². The molecule has 2 aromatic rings. The number of aliphatic hydroxyl groups is 1. The van der Waals surface area contributed by atoms with Gasteiger partial charge in [0.1, 0.15) is 0 Å². The van der Waals surface area contributed by atoms with Gasteiger partial charge in [0.25, 0.3) is 10.0 Å². The van der Waals surface area contributed by atoms with Crippen LogP contribution in [0.25, 0.3) is 0 Å². The van der Waals surface area contributed by atoms with Gasteiger partial charge in [0.15, 0.2) is 4.21 Å². The Kier molecular flexibility index (Phi) is 3.88. The number of hydrogen-bond donors (Lipinski definition) is 2. The number of anilines is 1. The Labute approximate surface area is 116 Å². The molecule has 0 radical (unpaired) electrons. The van der Waals surface area contributed by atoms with Crippen molar-refractivity contribution in [3.05, 3.63) is 41.0 Å². The second kappa shape index (κ2) is 5.28. The summed E-state index contributed by atoms with van der Waals surface area (Å²) >= 11 is 1.12. The van der Waals surface area contributed by atoms with Crippen molar-refractivity contribution < 1.29 is 13.5 Å². The first kappa shape index (κ1) is 14.0. The highest BCUT2D eigenvalue weighted by atomic mass is 32.2. The topological polar surface area (TPSA) is 79.3 Å². The van der Waals surface area contributed by atoms with Gasteiger partial charge in [0.2, 0.25) is 0 Å². The number of aliphatic hydroxyl groups excluding tert-OH is 1. The molecule has 0 spiro atoms. The Balaban J connectivity index is 2.21. The van der Waals surface area contributed by atoms with E-state index in [-0.39, 0.29) is 4.21 Å². The van der Waals surface area contributed by atoms with Crippen molar-refractivity contribution in [2.24, 2.45) is 0 Å². The lowest BCUT2D eigenvalue weighted by atomic mass is 10.1. The maximum Gasteiger partial charge on any atom is 0.273 e. The van der Waals surface area contributed by atoms with Gasteiger partial charge < -0.3 is 5.11 Å². The first-order valence-corrected chi connectivity index (χ1v) is 7.92. The lowest BCUT2D eigenvalue weighted by Crippen LogP contribution is -2.11. The van der Waals surface area contributed by atoms with Gasteiger partial charge in [-0.2, -0.15) is 0 Å². The van der Waals surface area contributed by atoms with Gasteiger partial charge in [-0.05, 0) is 31.5 Å². The van der Waals surface area contributed by atoms with Crippen molar-refractivity contribution in [3.8, 4) is 0 Å². The molecule has 0 aliphatic heterocycles. The molecule has 1 unspecified atom stereocenters. The Bertz CT molecular complexity index is 661. The van der Waals surface area contributed by atoms with Crippen LogP contribution in [0.2, 0.25) is 0 Å². The first-order valence-electron chi connectivity index (χ1n) is 5.62. The van der Waals surface area contributed by atoms with E-state index in [1.807, 2.05) is 0 Å². The van der Waals surface area contributed by atoms with Crippen LogP contribution in [0.5, 0.6) is 0 Å². The molecule has 0 aliphatic rings. The van der Waals surface area contributed by atoms with E-state index in [0.717, 1.165) is 16.9 Å². The predicted molar refractivity (Wildman–Crippen MR) is 74.7 cm³/mol. The van der Waals surface area contributed by atoms with Crippen molar-refractivity contribution in [1.29, 1.82) is 0 Å². The summed E-state index contributed by atoms with van der Waals surface area (Å²) in [5.74, 6) is 0. The van der Waals surface area contributed by atoms with Crippen molar-refractivity contribution in [2.75, 3.05) is 4.72 Å². The highest BCUT2D eigenvalue weighted by Crippen LogP contribution is 2.22. The second-order valence-electron chi connectivity index (χ2n) is 4.10. The van der Waals surface area contributed by atoms with Gasteiger partial charge in [0, 0.05) is 5.69 Å². The van der Waals surface area contributed by atoms with Gasteiger partial charge in [-0.25, -0.2) is 13.4 Å². The average molecular weight is 298 g/mol. The number of nitrogens with one attached hydrogen (secondary N) is 1. The fourth-order valence-electron chi connectivity index (χ4n) is 1.50. The van der Waals surface area contributed by atoms with Crippen LogP contribution in [0, 0.1) is 6.92 Å². The molecule has 1 atom stereocenters. The summed E-state index contributed by atoms with van der Waals surface area (Å²) in [7, 11) is -3.58. The number of sulfonamides is 1. The fourth-order valence-corrected chi connectivity index (χ4v) is 3.67. The first-order chi connectivity index (χ1) is 8.88. The smallest absolute Gasteiger partial charge is 0.273 e. The number of nitrogens with zero attached hydrogens (tertiary/aromatic N) is 1. The number of benzene rings is 1. The van der Waals surface area contributed by atoms with Crippen molar-refractivity contribution in [1.82, 2.24) is 4.98 Å². The van der Waals surface area contributed by atoms with Gasteiger partial charge in [-0.1, -0.05) is 12.1 Å². The molecule has 7 heteroatoms. The Hall–Kier alpha value is -1.44. The minimum Gasteiger partial charge on any atom is -0.389 e. The van der Waals surface area contributed by atoms with E-state index >= 15 is 0 Å². The minimum atomic E-state index is -3.58. The number of thiazole rings is 1. The fraction of sp³-hybridized carbons (Fsp3) is 0.250. The highest BCUT2D eigenvalue weighted by Gasteiger charge is 2.17. The van der Waals surface area contributed by atoms with Gasteiger partial charge in [-0.3, -0.25) is 4.72 Å². The third-order valence-electron chi connectivity index (χ3n) is 2.51. The summed E-state index contributed by atoms with van der Waals surface area (Å²) in [6.45, 7) is 3.40. The standard InChI is InChI=1S/C12H14N2O3S2/c1-8(15)10-3-5-11(6-4-10)14-19(16,17)12-7-13-9(2)18-12/h3-8,14-15H,1-2H3. The number of rotatable bonds is 4. The Morgan fingerprint density at radius 2 is 1.95 bits per heavy atom. The quantitative estimate of drug-likeness (QED) is 0.907. The maximum atomic E-state index is 12.0. The maximum absolute atomic E-state index is 12.0. The number of aryl methyl sites for hydroxylation is 1. The molecule has 1 aromatic heterocycles. The summed E-state index contributed by atoms with van der Waals surface area (Å²) in [5.41, 5.74) is 1.19. The molecular formula is C12H14N2O3S2. The van der Waals surface area contributed by atoms with Crippen LogP contribution in [-0.4, -0.2) is 18.5 Å². The van der Waals surface area contributed by atoms with Crippen LogP contribution < -0.4 is 4.72 Å². The highest BCUT2D eigenvalue weighted by molar-refractivity contribution is 7.94. The molecule has 0 bridgehead atoms. The van der Waals surface area contributed by atoms with E-state index in [0.29, 0.717) is 10.7 Å². The molecule has 1 heterocycles. The van der Waals surface area contributed by atoms with Crippen LogP contribution in [0.15, 0.2) is 34.7 Å². The van der Waals surface area contributed by atoms with Crippen molar-refractivity contribution >= 4 is 27.0 Å². The monoisotopic (exact) mass is 298 g/mol. The lowest BCUT2D eigenvalue weighted by molar-refractivity contribution is 0.199. The summed E-state index contributed by atoms with van der Waals surface area (Å²) < 4.78 is 26.7. The second-order valence-corrected chi connectivity index (χ2v) is 7.25. The molecule has 0 saturated heterocycles. The summed E-state index contributed by atoms with van der Waals surface area (Å²) in [4.78, 5) is 3.93. The molecule has 0 fully saturated rings. The van der Waals surface area contributed by atoms with Crippen molar-refractivity contribution in [2.45, 2.75) is 24.2 Å². The molecule has 1 aromatic carbocycles. The summed E-state index contributed by atoms with van der Waals surface area (Å²) in [6, 6.07) is 6.60. The Morgan fingerprint density at radius 1 is 1.32 bits per heavy atom. The van der Waals surface area contributed by atoms with Crippen LogP contribution in [-0.2, 0) is 10.0 Å². The molecule has 102 valence electrons. The van der Waals surface area contributed by atoms with Gasteiger partial charge in [0.05, 0.1) is 17.3 Å². The number of hydrogen-bond acceptors (Lipinski definition) is 5. The van der Waals surface area contributed by atoms with Crippen LogP contribution in [0.1, 0.15) is 23.6 Å². The predicted octanol–water partition coefficient (Wildman–Crippen LogP) is 2.31. The van der Waals surface area contributed by atoms with E-state index in [1.165, 1.54) is 6.20 Å². The van der Waals surface area contributed by atoms with Crippen LogP contribution >= 0.6 is 11.3 Å². The molecule has 0 aliphatic carbocycles. The van der Waals surface area contributed by atoms with E-state index < -0.39 is 16.1 Å². The lowest BCUT2D eigenvalue weighted by Gasteiger charge is -2.08. The normalized spacial score (nSPS) is 13.2. The molecular weight excluding hydrogens is 284 g/mol. The Morgan fingerprint density at radius 3 is 2.42 bits per heavy atom. The molecule has 0 saturated carbocycles. The molecule has 5 nitrogen and oxygen atoms in total. The van der Waals surface area contributed by atoms with Crippen molar-refractivity contribution in [3.63, 3.8) is 0 Å². The zero-order valence-corrected chi connectivity index (χ0v) is 12.1. The SMILES string of the molecule is Cc1ncc(S(=O)(=O)Nc2ccc(C(C)O)cc2)s1. The van der Waals surface area contributed by atoms with E-state index in [9.17, 15) is 13.5 Å². The average Bonchev–Trinajstić information content (AvgIpc) is 2.77. The molecule has 2 rings (SSSR count). The van der Waals surface area contributed by atoms with Crippen LogP contribution in [0.3, 0.4) is 0 Å². The minimum absolute atomic E-state index is 0.185. The van der Waals surface area contributed by atoms with E-state index in [1.54, 1.807) is 38.1 Å². The number of aromatic nitrogens is 1. The van der Waals surface area contributed by atoms with Gasteiger partial charge >= 0.3 is 0 Å². The molecule has 19 heavy (non-hydrogen) atoms. The third-order valence-corrected chi connectivity index (χ3v) is 5.27. The third kappa shape index (κ3) is 3.31. The van der Waals surface area contributed by atoms with Crippen LogP contribution in [0.4, 0.5) is 5.69 Å². The largest absolute Gasteiger partial charge is 0.389 e. The van der Waals surface area contributed by atoms with E-state index in [4.69, 9.17) is 0 Å². The molecule has 0 amide bonds.